The van der Waals surface area contributed by atoms with Crippen LogP contribution in [0.5, 0.6) is 11.5 Å². The number of benzene rings is 1. The van der Waals surface area contributed by atoms with Crippen LogP contribution in [0.15, 0.2) is 29.4 Å². The van der Waals surface area contributed by atoms with Gasteiger partial charge in [0.05, 0.1) is 26.1 Å². The van der Waals surface area contributed by atoms with E-state index >= 15 is 0 Å². The molecule has 8 heteroatoms. The van der Waals surface area contributed by atoms with E-state index in [9.17, 15) is 0 Å². The third-order valence-corrected chi connectivity index (χ3v) is 3.73. The van der Waals surface area contributed by atoms with Gasteiger partial charge < -0.3 is 9.47 Å². The van der Waals surface area contributed by atoms with Crippen molar-refractivity contribution in [1.82, 2.24) is 24.7 Å². The Bertz CT molecular complexity index is 925. The van der Waals surface area contributed by atoms with E-state index in [2.05, 4.69) is 20.4 Å². The molecule has 0 unspecified atom stereocenters. The number of ether oxygens (including phenoxy) is 2. The first-order valence-electron chi connectivity index (χ1n) is 7.75. The van der Waals surface area contributed by atoms with Gasteiger partial charge in [0.1, 0.15) is 11.5 Å². The van der Waals surface area contributed by atoms with Gasteiger partial charge in [0.15, 0.2) is 5.82 Å². The zero-order chi connectivity index (χ0) is 18.0. The minimum Gasteiger partial charge on any atom is -0.497 e. The summed E-state index contributed by atoms with van der Waals surface area (Å²) in [6, 6.07) is 7.50. The fraction of sp³-hybridized carbons (Fsp3) is 0.294. The monoisotopic (exact) mass is 340 g/mol. The summed E-state index contributed by atoms with van der Waals surface area (Å²) in [7, 11) is 3.23. The predicted molar refractivity (Wildman–Crippen MR) is 93.9 cm³/mol. The zero-order valence-electron chi connectivity index (χ0n) is 14.9. The van der Waals surface area contributed by atoms with Crippen molar-refractivity contribution in [3.05, 3.63) is 47.0 Å². The normalized spacial score (nSPS) is 11.2. The number of rotatable bonds is 5. The van der Waals surface area contributed by atoms with Crippen LogP contribution in [-0.4, -0.2) is 45.1 Å². The first kappa shape index (κ1) is 16.7. The molecule has 3 rings (SSSR count). The number of methoxy groups -OCH3 is 2. The Labute approximate surface area is 145 Å². The largest absolute Gasteiger partial charge is 0.497 e. The second-order valence-corrected chi connectivity index (χ2v) is 5.55. The maximum Gasteiger partial charge on any atom is 0.273 e. The second-order valence-electron chi connectivity index (χ2n) is 5.55. The fourth-order valence-corrected chi connectivity index (χ4v) is 2.51. The smallest absolute Gasteiger partial charge is 0.273 e. The highest BCUT2D eigenvalue weighted by molar-refractivity contribution is 5.84. The number of hydrogen-bond donors (Lipinski definition) is 0. The molecule has 1 aromatic carbocycles. The van der Waals surface area contributed by atoms with E-state index in [0.717, 1.165) is 22.7 Å². The van der Waals surface area contributed by atoms with Gasteiger partial charge >= 0.3 is 0 Å². The van der Waals surface area contributed by atoms with Gasteiger partial charge in [-0.3, -0.25) is 0 Å². The highest BCUT2D eigenvalue weighted by atomic mass is 16.5. The summed E-state index contributed by atoms with van der Waals surface area (Å²) in [5, 5.41) is 17.3. The summed E-state index contributed by atoms with van der Waals surface area (Å²) < 4.78 is 14.0. The molecule has 0 atom stereocenters. The van der Waals surface area contributed by atoms with Gasteiger partial charge in [0.2, 0.25) is 0 Å². The highest BCUT2D eigenvalue weighted by Crippen LogP contribution is 2.22. The van der Waals surface area contributed by atoms with Crippen molar-refractivity contribution in [3.63, 3.8) is 0 Å². The van der Waals surface area contributed by atoms with E-state index in [0.29, 0.717) is 17.5 Å². The molecule has 0 aliphatic rings. The van der Waals surface area contributed by atoms with Crippen LogP contribution in [0.1, 0.15) is 22.8 Å². The average molecular weight is 340 g/mol. The van der Waals surface area contributed by atoms with Crippen molar-refractivity contribution >= 4 is 6.21 Å². The summed E-state index contributed by atoms with van der Waals surface area (Å²) in [6.07, 6.45) is 1.69. The Balaban J connectivity index is 2.03. The minimum absolute atomic E-state index is 0.529. The quantitative estimate of drug-likeness (QED) is 0.666. The molecule has 0 aliphatic heterocycles. The zero-order valence-corrected chi connectivity index (χ0v) is 14.9. The number of hydrogen-bond acceptors (Lipinski definition) is 6. The summed E-state index contributed by atoms with van der Waals surface area (Å²) in [5.74, 6) is 2.60. The maximum atomic E-state index is 5.38. The summed E-state index contributed by atoms with van der Waals surface area (Å²) in [5.41, 5.74) is 2.65. The fourth-order valence-electron chi connectivity index (χ4n) is 2.51. The van der Waals surface area contributed by atoms with Crippen LogP contribution in [0, 0.1) is 20.8 Å². The van der Waals surface area contributed by atoms with Gasteiger partial charge in [-0.25, -0.2) is 4.68 Å². The lowest BCUT2D eigenvalue weighted by Gasteiger charge is -2.07. The molecular weight excluding hydrogens is 320 g/mol. The lowest BCUT2D eigenvalue weighted by molar-refractivity contribution is 0.402. The molecule has 0 bridgehead atoms. The van der Waals surface area contributed by atoms with Gasteiger partial charge in [0, 0.05) is 11.3 Å². The average Bonchev–Trinajstić information content (AvgIpc) is 3.13. The molecule has 0 spiro atoms. The van der Waals surface area contributed by atoms with Gasteiger partial charge in [-0.15, -0.1) is 10.2 Å². The van der Waals surface area contributed by atoms with Crippen molar-refractivity contribution in [2.45, 2.75) is 20.8 Å². The molecule has 3 aromatic rings. The molecule has 2 aromatic heterocycles. The van der Waals surface area contributed by atoms with E-state index in [1.807, 2.05) is 45.0 Å². The Hall–Kier alpha value is -3.16. The summed E-state index contributed by atoms with van der Waals surface area (Å²) in [6.45, 7) is 5.73. The molecule has 0 saturated heterocycles. The maximum absolute atomic E-state index is 5.38. The lowest BCUT2D eigenvalue weighted by Crippen LogP contribution is -2.08. The van der Waals surface area contributed by atoms with Crippen molar-refractivity contribution in [2.24, 2.45) is 5.10 Å². The first-order chi connectivity index (χ1) is 12.0. The van der Waals surface area contributed by atoms with Crippen LogP contribution in [0.2, 0.25) is 0 Å². The SMILES string of the molecule is COc1ccc(OC)c(/C=N\n2c(C)nnc2-n2nc(C)cc2C)c1. The molecule has 8 nitrogen and oxygen atoms in total. The molecule has 0 aliphatic carbocycles. The van der Waals surface area contributed by atoms with Gasteiger partial charge in [-0.1, -0.05) is 0 Å². The topological polar surface area (TPSA) is 79.4 Å². The van der Waals surface area contributed by atoms with E-state index in [4.69, 9.17) is 9.47 Å². The van der Waals surface area contributed by atoms with Crippen molar-refractivity contribution in [1.29, 1.82) is 0 Å². The molecule has 130 valence electrons. The Kier molecular flexibility index (Phi) is 4.51. The van der Waals surface area contributed by atoms with Gasteiger partial charge in [-0.2, -0.15) is 14.9 Å². The van der Waals surface area contributed by atoms with E-state index in [1.165, 1.54) is 0 Å². The number of aryl methyl sites for hydroxylation is 3. The Morgan fingerprint density at radius 3 is 2.48 bits per heavy atom. The third kappa shape index (κ3) is 3.23. The van der Waals surface area contributed by atoms with Crippen molar-refractivity contribution in [2.75, 3.05) is 14.2 Å². The molecule has 0 amide bonds. The van der Waals surface area contributed by atoms with E-state index in [1.54, 1.807) is 29.8 Å². The number of nitrogens with zero attached hydrogens (tertiary/aromatic N) is 6. The second kappa shape index (κ2) is 6.76. The molecule has 0 fully saturated rings. The lowest BCUT2D eigenvalue weighted by atomic mass is 10.2. The van der Waals surface area contributed by atoms with E-state index in [-0.39, 0.29) is 0 Å². The van der Waals surface area contributed by atoms with Crippen LogP contribution < -0.4 is 9.47 Å². The Morgan fingerprint density at radius 2 is 1.84 bits per heavy atom. The third-order valence-electron chi connectivity index (χ3n) is 3.73. The van der Waals surface area contributed by atoms with Gasteiger partial charge in [-0.05, 0) is 45.0 Å². The standard InChI is InChI=1S/C17H20N6O2/c1-11-8-12(2)22(21-11)17-20-19-13(3)23(17)18-10-14-9-15(24-4)6-7-16(14)25-5/h6-10H,1-5H3/b18-10-. The van der Waals surface area contributed by atoms with Crippen LogP contribution in [-0.2, 0) is 0 Å². The van der Waals surface area contributed by atoms with Crippen LogP contribution in [0.4, 0.5) is 0 Å². The van der Waals surface area contributed by atoms with Crippen LogP contribution in [0.25, 0.3) is 5.95 Å². The molecule has 2 heterocycles. The van der Waals surface area contributed by atoms with Crippen molar-refractivity contribution in [3.8, 4) is 17.4 Å². The van der Waals surface area contributed by atoms with Crippen LogP contribution in [0.3, 0.4) is 0 Å². The molecule has 0 N–H and O–H groups in total. The molecule has 25 heavy (non-hydrogen) atoms. The minimum atomic E-state index is 0.529. The molecular formula is C17H20N6O2. The Morgan fingerprint density at radius 1 is 1.04 bits per heavy atom. The van der Waals surface area contributed by atoms with Gasteiger partial charge in [0.25, 0.3) is 5.95 Å². The van der Waals surface area contributed by atoms with Crippen LogP contribution >= 0.6 is 0 Å². The summed E-state index contributed by atoms with van der Waals surface area (Å²) >= 11 is 0. The molecule has 0 radical (unpaired) electrons. The number of aromatic nitrogens is 5. The highest BCUT2D eigenvalue weighted by Gasteiger charge is 2.13. The first-order valence-corrected chi connectivity index (χ1v) is 7.75. The van der Waals surface area contributed by atoms with Crippen molar-refractivity contribution < 1.29 is 9.47 Å². The molecule has 0 saturated carbocycles. The van der Waals surface area contributed by atoms with E-state index < -0.39 is 0 Å². The predicted octanol–water partition coefficient (Wildman–Crippen LogP) is 2.29. The summed E-state index contributed by atoms with van der Waals surface area (Å²) in [4.78, 5) is 0.